The van der Waals surface area contributed by atoms with Crippen LogP contribution in [0.2, 0.25) is 0 Å². The number of aliphatic imine (C=N–C) groups is 1. The Kier molecular flexibility index (Phi) is 2.34. The maximum Gasteiger partial charge on any atom is 0.236 e. The molecule has 0 saturated heterocycles. The number of guanidine groups is 1. The van der Waals surface area contributed by atoms with Gasteiger partial charge in [0, 0.05) is 12.7 Å². The van der Waals surface area contributed by atoms with E-state index in [4.69, 9.17) is 11.5 Å². The van der Waals surface area contributed by atoms with Crippen LogP contribution in [0.4, 0.5) is 11.4 Å². The van der Waals surface area contributed by atoms with Gasteiger partial charge in [0.15, 0.2) is 5.96 Å². The molecule has 0 aromatic heterocycles. The monoisotopic (exact) mass is 232 g/mol. The molecule has 0 atom stereocenters. The average molecular weight is 232 g/mol. The van der Waals surface area contributed by atoms with Crippen molar-refractivity contribution in [2.75, 3.05) is 11.9 Å². The minimum Gasteiger partial charge on any atom is -0.370 e. The van der Waals surface area contributed by atoms with Gasteiger partial charge in [-0.2, -0.15) is 0 Å². The second kappa shape index (κ2) is 3.48. The summed E-state index contributed by atoms with van der Waals surface area (Å²) in [5, 5.41) is 0. The first-order valence-electron chi connectivity index (χ1n) is 5.36. The van der Waals surface area contributed by atoms with E-state index in [1.54, 1.807) is 18.0 Å². The Hall–Kier alpha value is -2.04. The van der Waals surface area contributed by atoms with Crippen molar-refractivity contribution in [2.45, 2.75) is 19.3 Å². The van der Waals surface area contributed by atoms with Crippen LogP contribution in [0.5, 0.6) is 0 Å². The molecule has 2 rings (SSSR count). The lowest BCUT2D eigenvalue weighted by atomic mass is 9.86. The fourth-order valence-corrected chi connectivity index (χ4v) is 2.18. The van der Waals surface area contributed by atoms with Crippen molar-refractivity contribution in [3.05, 3.63) is 23.8 Å². The molecule has 17 heavy (non-hydrogen) atoms. The first-order chi connectivity index (χ1) is 7.84. The SMILES string of the molecule is CN1C(=O)C(C)(C)c2cc(N=C(N)N)ccc21. The van der Waals surface area contributed by atoms with Gasteiger partial charge in [-0.25, -0.2) is 4.99 Å². The van der Waals surface area contributed by atoms with Gasteiger partial charge in [0.05, 0.1) is 11.1 Å². The van der Waals surface area contributed by atoms with Crippen LogP contribution >= 0.6 is 0 Å². The van der Waals surface area contributed by atoms with Crippen molar-refractivity contribution in [3.63, 3.8) is 0 Å². The summed E-state index contributed by atoms with van der Waals surface area (Å²) in [6.45, 7) is 3.80. The zero-order valence-electron chi connectivity index (χ0n) is 10.2. The Bertz CT molecular complexity index is 515. The van der Waals surface area contributed by atoms with E-state index >= 15 is 0 Å². The predicted octanol–water partition coefficient (Wildman–Crippen LogP) is 0.846. The van der Waals surface area contributed by atoms with Crippen LogP contribution in [-0.4, -0.2) is 18.9 Å². The topological polar surface area (TPSA) is 84.7 Å². The van der Waals surface area contributed by atoms with Gasteiger partial charge in [-0.1, -0.05) is 0 Å². The lowest BCUT2D eigenvalue weighted by molar-refractivity contribution is -0.121. The number of amides is 1. The summed E-state index contributed by atoms with van der Waals surface area (Å²) in [4.78, 5) is 17.7. The van der Waals surface area contributed by atoms with Gasteiger partial charge >= 0.3 is 0 Å². The van der Waals surface area contributed by atoms with E-state index in [1.807, 2.05) is 26.0 Å². The summed E-state index contributed by atoms with van der Waals surface area (Å²) in [6, 6.07) is 5.52. The minimum absolute atomic E-state index is 0.0143. The van der Waals surface area contributed by atoms with Crippen LogP contribution in [0.1, 0.15) is 19.4 Å². The number of rotatable bonds is 1. The number of likely N-dealkylation sites (N-methyl/N-ethyl adjacent to an activating group) is 1. The summed E-state index contributed by atoms with van der Waals surface area (Å²) in [6.07, 6.45) is 0. The molecule has 0 radical (unpaired) electrons. The molecule has 0 fully saturated rings. The second-order valence-corrected chi connectivity index (χ2v) is 4.73. The van der Waals surface area contributed by atoms with Crippen molar-refractivity contribution in [1.29, 1.82) is 0 Å². The number of nitrogens with zero attached hydrogens (tertiary/aromatic N) is 2. The summed E-state index contributed by atoms with van der Waals surface area (Å²) < 4.78 is 0. The number of anilines is 1. The van der Waals surface area contributed by atoms with Crippen molar-refractivity contribution >= 4 is 23.2 Å². The average Bonchev–Trinajstić information content (AvgIpc) is 2.40. The zero-order valence-corrected chi connectivity index (χ0v) is 10.2. The molecule has 0 aliphatic carbocycles. The highest BCUT2D eigenvalue weighted by Gasteiger charge is 2.42. The summed E-state index contributed by atoms with van der Waals surface area (Å²) in [5.41, 5.74) is 12.7. The van der Waals surface area contributed by atoms with Crippen molar-refractivity contribution in [1.82, 2.24) is 0 Å². The molecular formula is C12H16N4O. The van der Waals surface area contributed by atoms with E-state index in [9.17, 15) is 4.79 Å². The fourth-order valence-electron chi connectivity index (χ4n) is 2.18. The Labute approximate surface area is 100 Å². The summed E-state index contributed by atoms with van der Waals surface area (Å²) in [7, 11) is 1.77. The van der Waals surface area contributed by atoms with Crippen molar-refractivity contribution < 1.29 is 4.79 Å². The van der Waals surface area contributed by atoms with E-state index in [0.29, 0.717) is 5.69 Å². The zero-order chi connectivity index (χ0) is 12.8. The fraction of sp³-hybridized carbons (Fsp3) is 0.333. The third kappa shape index (κ3) is 1.63. The van der Waals surface area contributed by atoms with Gasteiger partial charge in [0.2, 0.25) is 5.91 Å². The number of hydrogen-bond donors (Lipinski definition) is 2. The highest BCUT2D eigenvalue weighted by molar-refractivity contribution is 6.07. The number of hydrogen-bond acceptors (Lipinski definition) is 2. The molecule has 1 amide bonds. The Morgan fingerprint density at radius 2 is 2.00 bits per heavy atom. The van der Waals surface area contributed by atoms with Crippen LogP contribution in [0.15, 0.2) is 23.2 Å². The Morgan fingerprint density at radius 3 is 2.59 bits per heavy atom. The van der Waals surface area contributed by atoms with Crippen LogP contribution in [0, 0.1) is 0 Å². The molecule has 1 heterocycles. The van der Waals surface area contributed by atoms with Gasteiger partial charge in [0.25, 0.3) is 0 Å². The van der Waals surface area contributed by atoms with Crippen molar-refractivity contribution in [2.24, 2.45) is 16.5 Å². The molecule has 1 aliphatic rings. The number of benzene rings is 1. The lowest BCUT2D eigenvalue weighted by Gasteiger charge is -2.16. The standard InChI is InChI=1S/C12H16N4O/c1-12(2)8-6-7(15-11(13)14)4-5-9(8)16(3)10(12)17/h4-6H,1-3H3,(H4,13,14,15). The third-order valence-electron chi connectivity index (χ3n) is 3.11. The molecule has 1 aromatic rings. The molecule has 1 aromatic carbocycles. The molecule has 5 heteroatoms. The van der Waals surface area contributed by atoms with E-state index in [2.05, 4.69) is 4.99 Å². The first kappa shape index (κ1) is 11.4. The summed E-state index contributed by atoms with van der Waals surface area (Å²) >= 11 is 0. The molecule has 1 aliphatic heterocycles. The highest BCUT2D eigenvalue weighted by Crippen LogP contribution is 2.42. The predicted molar refractivity (Wildman–Crippen MR) is 68.3 cm³/mol. The van der Waals surface area contributed by atoms with E-state index < -0.39 is 5.41 Å². The third-order valence-corrected chi connectivity index (χ3v) is 3.11. The van der Waals surface area contributed by atoms with Gasteiger partial charge in [-0.3, -0.25) is 4.79 Å². The molecule has 90 valence electrons. The smallest absolute Gasteiger partial charge is 0.236 e. The maximum absolute atomic E-state index is 12.1. The van der Waals surface area contributed by atoms with Crippen LogP contribution < -0.4 is 16.4 Å². The molecule has 0 spiro atoms. The summed E-state index contributed by atoms with van der Waals surface area (Å²) in [5.74, 6) is 0.0924. The normalized spacial score (nSPS) is 16.9. The quantitative estimate of drug-likeness (QED) is 0.556. The molecule has 5 nitrogen and oxygen atoms in total. The highest BCUT2D eigenvalue weighted by atomic mass is 16.2. The van der Waals surface area contributed by atoms with Crippen LogP contribution in [-0.2, 0) is 10.2 Å². The molecule has 0 unspecified atom stereocenters. The number of carbonyl (C=O) groups excluding carboxylic acids is 1. The second-order valence-electron chi connectivity index (χ2n) is 4.73. The Morgan fingerprint density at radius 1 is 1.35 bits per heavy atom. The van der Waals surface area contributed by atoms with Crippen LogP contribution in [0.3, 0.4) is 0 Å². The van der Waals surface area contributed by atoms with Crippen LogP contribution in [0.25, 0.3) is 0 Å². The number of fused-ring (bicyclic) bond motifs is 1. The minimum atomic E-state index is -0.529. The Balaban J connectivity index is 2.58. The molecule has 4 N–H and O–H groups in total. The van der Waals surface area contributed by atoms with Gasteiger partial charge in [0.1, 0.15) is 0 Å². The van der Waals surface area contributed by atoms with Gasteiger partial charge in [-0.15, -0.1) is 0 Å². The first-order valence-corrected chi connectivity index (χ1v) is 5.36. The largest absolute Gasteiger partial charge is 0.370 e. The number of carbonyl (C=O) groups is 1. The lowest BCUT2D eigenvalue weighted by Crippen LogP contribution is -2.33. The van der Waals surface area contributed by atoms with Crippen molar-refractivity contribution in [3.8, 4) is 0 Å². The van der Waals surface area contributed by atoms with Gasteiger partial charge < -0.3 is 16.4 Å². The van der Waals surface area contributed by atoms with E-state index in [0.717, 1.165) is 11.3 Å². The number of nitrogens with two attached hydrogens (primary N) is 2. The van der Waals surface area contributed by atoms with E-state index in [-0.39, 0.29) is 11.9 Å². The molecule has 0 bridgehead atoms. The molecule has 0 saturated carbocycles. The molecular weight excluding hydrogens is 216 g/mol. The van der Waals surface area contributed by atoms with E-state index in [1.165, 1.54) is 0 Å². The van der Waals surface area contributed by atoms with Gasteiger partial charge in [-0.05, 0) is 37.6 Å². The maximum atomic E-state index is 12.1.